The Hall–Kier alpha value is -1.65. The fraction of sp³-hybridized carbons (Fsp3) is 0.421. The lowest BCUT2D eigenvalue weighted by Gasteiger charge is -2.19. The van der Waals surface area contributed by atoms with E-state index in [0.717, 1.165) is 6.42 Å². The third kappa shape index (κ3) is 4.91. The molecular formula is C19H27N2OS+. The molecule has 124 valence electrons. The highest BCUT2D eigenvalue weighted by atomic mass is 32.1. The van der Waals surface area contributed by atoms with Crippen LogP contribution in [0.2, 0.25) is 0 Å². The molecule has 0 bridgehead atoms. The number of rotatable bonds is 8. The normalized spacial score (nSPS) is 13.5. The first-order valence-electron chi connectivity index (χ1n) is 8.34. The van der Waals surface area contributed by atoms with E-state index in [1.807, 2.05) is 6.92 Å². The van der Waals surface area contributed by atoms with Gasteiger partial charge in [0.1, 0.15) is 6.04 Å². The fourth-order valence-corrected chi connectivity index (χ4v) is 3.55. The summed E-state index contributed by atoms with van der Waals surface area (Å²) in [5.74, 6) is 0.0612. The number of hydrogen-bond donors (Lipinski definition) is 2. The SMILES string of the molecule is CCCCc1ccc([C@H]([NH2+][C@@H](C)C(=O)NC)c2cccs2)cc1. The van der Waals surface area contributed by atoms with Gasteiger partial charge in [-0.05, 0) is 36.8 Å². The molecule has 2 aromatic rings. The predicted octanol–water partition coefficient (Wildman–Crippen LogP) is 2.88. The number of unbranched alkanes of at least 4 members (excludes halogenated alkanes) is 1. The maximum atomic E-state index is 11.9. The highest BCUT2D eigenvalue weighted by molar-refractivity contribution is 7.10. The first-order valence-corrected chi connectivity index (χ1v) is 9.22. The molecule has 0 saturated carbocycles. The lowest BCUT2D eigenvalue weighted by atomic mass is 10.0. The molecule has 0 saturated heterocycles. The fourth-order valence-electron chi connectivity index (χ4n) is 2.71. The summed E-state index contributed by atoms with van der Waals surface area (Å²) in [4.78, 5) is 13.2. The van der Waals surface area contributed by atoms with E-state index in [-0.39, 0.29) is 18.0 Å². The van der Waals surface area contributed by atoms with Crippen LogP contribution in [-0.4, -0.2) is 19.0 Å². The van der Waals surface area contributed by atoms with Gasteiger partial charge in [0.05, 0.1) is 4.88 Å². The Bertz CT molecular complexity index is 592. The third-order valence-corrected chi connectivity index (χ3v) is 5.10. The molecule has 0 unspecified atom stereocenters. The molecule has 2 rings (SSSR count). The second kappa shape index (κ2) is 8.85. The number of carbonyl (C=O) groups is 1. The van der Waals surface area contributed by atoms with E-state index in [1.54, 1.807) is 18.4 Å². The van der Waals surface area contributed by atoms with E-state index >= 15 is 0 Å². The highest BCUT2D eigenvalue weighted by Gasteiger charge is 2.24. The molecule has 4 heteroatoms. The van der Waals surface area contributed by atoms with Crippen molar-refractivity contribution in [3.05, 3.63) is 57.8 Å². The Kier molecular flexibility index (Phi) is 6.81. The van der Waals surface area contributed by atoms with Crippen LogP contribution in [0.25, 0.3) is 0 Å². The van der Waals surface area contributed by atoms with Gasteiger partial charge in [-0.2, -0.15) is 0 Å². The number of nitrogens with two attached hydrogens (primary N) is 1. The zero-order chi connectivity index (χ0) is 16.7. The first-order chi connectivity index (χ1) is 11.2. The minimum absolute atomic E-state index is 0.0612. The van der Waals surface area contributed by atoms with Gasteiger partial charge in [0.15, 0.2) is 6.04 Å². The summed E-state index contributed by atoms with van der Waals surface area (Å²) < 4.78 is 0. The van der Waals surface area contributed by atoms with Crippen molar-refractivity contribution in [2.75, 3.05) is 7.05 Å². The van der Waals surface area contributed by atoms with Crippen molar-refractivity contribution >= 4 is 17.2 Å². The van der Waals surface area contributed by atoms with Crippen molar-refractivity contribution in [2.24, 2.45) is 0 Å². The summed E-state index contributed by atoms with van der Waals surface area (Å²) in [6, 6.07) is 13.1. The van der Waals surface area contributed by atoms with E-state index in [2.05, 4.69) is 59.3 Å². The van der Waals surface area contributed by atoms with Crippen molar-refractivity contribution in [3.63, 3.8) is 0 Å². The van der Waals surface area contributed by atoms with Gasteiger partial charge in [-0.3, -0.25) is 4.79 Å². The molecule has 1 heterocycles. The molecule has 1 aromatic carbocycles. The molecule has 0 spiro atoms. The molecule has 23 heavy (non-hydrogen) atoms. The van der Waals surface area contributed by atoms with Gasteiger partial charge in [-0.1, -0.05) is 43.7 Å². The van der Waals surface area contributed by atoms with Gasteiger partial charge < -0.3 is 10.6 Å². The summed E-state index contributed by atoms with van der Waals surface area (Å²) in [5.41, 5.74) is 2.64. The quantitative estimate of drug-likeness (QED) is 0.767. The highest BCUT2D eigenvalue weighted by Crippen LogP contribution is 2.23. The van der Waals surface area contributed by atoms with Gasteiger partial charge in [0.2, 0.25) is 0 Å². The van der Waals surface area contributed by atoms with Crippen molar-refractivity contribution in [1.82, 2.24) is 5.32 Å². The third-order valence-electron chi connectivity index (χ3n) is 4.15. The molecule has 0 fully saturated rings. The lowest BCUT2D eigenvalue weighted by Crippen LogP contribution is -2.92. The second-order valence-corrected chi connectivity index (χ2v) is 6.91. The van der Waals surface area contributed by atoms with Crippen molar-refractivity contribution in [2.45, 2.75) is 45.2 Å². The monoisotopic (exact) mass is 331 g/mol. The summed E-state index contributed by atoms with van der Waals surface area (Å²) in [5, 5.41) is 6.97. The molecule has 0 aliphatic carbocycles. The van der Waals surface area contributed by atoms with Crippen LogP contribution in [0.15, 0.2) is 41.8 Å². The number of likely N-dealkylation sites (N-methyl/N-ethyl adjacent to an activating group) is 1. The van der Waals surface area contributed by atoms with E-state index < -0.39 is 0 Å². The molecule has 1 amide bonds. The Balaban J connectivity index is 2.18. The van der Waals surface area contributed by atoms with Gasteiger partial charge >= 0.3 is 0 Å². The summed E-state index contributed by atoms with van der Waals surface area (Å²) in [6.45, 7) is 4.17. The summed E-state index contributed by atoms with van der Waals surface area (Å²) in [6.07, 6.45) is 3.59. The first kappa shape index (κ1) is 17.7. The maximum Gasteiger partial charge on any atom is 0.277 e. The van der Waals surface area contributed by atoms with Crippen LogP contribution in [-0.2, 0) is 11.2 Å². The summed E-state index contributed by atoms with van der Waals surface area (Å²) in [7, 11) is 1.69. The van der Waals surface area contributed by atoms with Gasteiger partial charge in [0.25, 0.3) is 5.91 Å². The number of carbonyl (C=O) groups excluding carboxylic acids is 1. The van der Waals surface area contributed by atoms with E-state index in [0.29, 0.717) is 0 Å². The Morgan fingerprint density at radius 3 is 2.57 bits per heavy atom. The van der Waals surface area contributed by atoms with Crippen LogP contribution in [0.4, 0.5) is 0 Å². The minimum Gasteiger partial charge on any atom is -0.354 e. The van der Waals surface area contributed by atoms with Gasteiger partial charge in [-0.15, -0.1) is 11.3 Å². The molecule has 1 aromatic heterocycles. The molecule has 0 aliphatic rings. The number of quaternary nitrogens is 1. The number of benzene rings is 1. The van der Waals surface area contributed by atoms with Crippen LogP contribution < -0.4 is 10.6 Å². The molecular weight excluding hydrogens is 304 g/mol. The van der Waals surface area contributed by atoms with Crippen LogP contribution in [0, 0.1) is 0 Å². The zero-order valence-corrected chi connectivity index (χ0v) is 15.0. The number of thiophene rings is 1. The molecule has 3 nitrogen and oxygen atoms in total. The second-order valence-electron chi connectivity index (χ2n) is 5.93. The molecule has 3 N–H and O–H groups in total. The Morgan fingerprint density at radius 1 is 1.26 bits per heavy atom. The predicted molar refractivity (Wildman–Crippen MR) is 96.7 cm³/mol. The van der Waals surface area contributed by atoms with E-state index in [9.17, 15) is 4.79 Å². The van der Waals surface area contributed by atoms with Gasteiger partial charge in [-0.25, -0.2) is 0 Å². The van der Waals surface area contributed by atoms with Crippen LogP contribution >= 0.6 is 11.3 Å². The van der Waals surface area contributed by atoms with Gasteiger partial charge in [0, 0.05) is 12.6 Å². The average Bonchev–Trinajstić information content (AvgIpc) is 3.11. The minimum atomic E-state index is -0.119. The van der Waals surface area contributed by atoms with Crippen molar-refractivity contribution in [1.29, 1.82) is 0 Å². The zero-order valence-electron chi connectivity index (χ0n) is 14.2. The van der Waals surface area contributed by atoms with Crippen molar-refractivity contribution < 1.29 is 10.1 Å². The summed E-state index contributed by atoms with van der Waals surface area (Å²) >= 11 is 1.74. The van der Waals surface area contributed by atoms with Crippen LogP contribution in [0.3, 0.4) is 0 Å². The smallest absolute Gasteiger partial charge is 0.277 e. The maximum absolute atomic E-state index is 11.9. The number of nitrogens with one attached hydrogen (secondary N) is 1. The Morgan fingerprint density at radius 2 is 2.00 bits per heavy atom. The molecule has 2 atom stereocenters. The molecule has 0 radical (unpaired) electrons. The largest absolute Gasteiger partial charge is 0.354 e. The number of hydrogen-bond acceptors (Lipinski definition) is 2. The van der Waals surface area contributed by atoms with Crippen LogP contribution in [0.5, 0.6) is 0 Å². The van der Waals surface area contributed by atoms with E-state index in [1.165, 1.54) is 28.8 Å². The average molecular weight is 332 g/mol. The standard InChI is InChI=1S/C19H26N2OS/c1-4-5-7-15-9-11-16(12-10-15)18(17-8-6-13-23-17)21-14(2)19(22)20-3/h6,8-14,18,21H,4-5,7H2,1-3H3,(H,20,22)/p+1/t14-,18-/m0/s1. The topological polar surface area (TPSA) is 45.7 Å². The molecule has 0 aliphatic heterocycles. The number of amides is 1. The van der Waals surface area contributed by atoms with Crippen molar-refractivity contribution in [3.8, 4) is 0 Å². The Labute approximate surface area is 143 Å². The number of aryl methyl sites for hydroxylation is 1. The lowest BCUT2D eigenvalue weighted by molar-refractivity contribution is -0.704. The van der Waals surface area contributed by atoms with Crippen LogP contribution in [0.1, 0.15) is 48.7 Å². The van der Waals surface area contributed by atoms with E-state index in [4.69, 9.17) is 0 Å².